The highest BCUT2D eigenvalue weighted by atomic mass is 127. The van der Waals surface area contributed by atoms with Crippen molar-refractivity contribution < 1.29 is 9.21 Å². The number of guanidine groups is 1. The second kappa shape index (κ2) is 11.1. The van der Waals surface area contributed by atoms with Gasteiger partial charge >= 0.3 is 0 Å². The SMILES string of the molecule is CN=C(NCCNC(=O)c1ccco1)NCC(C)c1cccs1.I. The number of aliphatic imine (C=N–C) groups is 1. The Bertz CT molecular complexity index is 614. The molecule has 3 N–H and O–H groups in total. The predicted octanol–water partition coefficient (Wildman–Crippen LogP) is 2.66. The number of rotatable bonds is 7. The van der Waals surface area contributed by atoms with Crippen molar-refractivity contribution in [1.29, 1.82) is 0 Å². The van der Waals surface area contributed by atoms with Crippen LogP contribution >= 0.6 is 35.3 Å². The first-order valence-electron chi connectivity index (χ1n) is 7.50. The van der Waals surface area contributed by atoms with Crippen LogP contribution in [0.15, 0.2) is 45.3 Å². The molecule has 0 saturated carbocycles. The number of carbonyl (C=O) groups is 1. The number of nitrogens with zero attached hydrogens (tertiary/aromatic N) is 1. The summed E-state index contributed by atoms with van der Waals surface area (Å²) in [5, 5.41) is 11.3. The molecular weight excluding hydrogens is 439 g/mol. The van der Waals surface area contributed by atoms with Crippen molar-refractivity contribution >= 4 is 47.2 Å². The first kappa shape index (κ1) is 20.5. The van der Waals surface area contributed by atoms with E-state index in [4.69, 9.17) is 4.42 Å². The Morgan fingerprint density at radius 2 is 2.04 bits per heavy atom. The minimum Gasteiger partial charge on any atom is -0.459 e. The van der Waals surface area contributed by atoms with Crippen LogP contribution in [0.3, 0.4) is 0 Å². The third-order valence-corrected chi connectivity index (χ3v) is 4.38. The quantitative estimate of drug-likeness (QED) is 0.256. The maximum atomic E-state index is 11.7. The number of thiophene rings is 1. The van der Waals surface area contributed by atoms with E-state index in [1.165, 1.54) is 11.1 Å². The lowest BCUT2D eigenvalue weighted by molar-refractivity contribution is 0.0926. The van der Waals surface area contributed by atoms with Crippen LogP contribution in [0.5, 0.6) is 0 Å². The van der Waals surface area contributed by atoms with Crippen LogP contribution in [-0.2, 0) is 0 Å². The van der Waals surface area contributed by atoms with E-state index in [1.54, 1.807) is 30.5 Å². The van der Waals surface area contributed by atoms with Crippen LogP contribution < -0.4 is 16.0 Å². The molecule has 0 bridgehead atoms. The van der Waals surface area contributed by atoms with Crippen LogP contribution in [0.2, 0.25) is 0 Å². The van der Waals surface area contributed by atoms with Gasteiger partial charge in [0.15, 0.2) is 11.7 Å². The zero-order valence-corrected chi connectivity index (χ0v) is 16.9. The van der Waals surface area contributed by atoms with E-state index in [0.717, 1.165) is 12.5 Å². The van der Waals surface area contributed by atoms with Gasteiger partial charge in [-0.3, -0.25) is 9.79 Å². The largest absolute Gasteiger partial charge is 0.459 e. The number of hydrogen-bond acceptors (Lipinski definition) is 4. The average Bonchev–Trinajstić information content (AvgIpc) is 3.26. The first-order valence-corrected chi connectivity index (χ1v) is 8.38. The highest BCUT2D eigenvalue weighted by molar-refractivity contribution is 14.0. The zero-order chi connectivity index (χ0) is 16.5. The van der Waals surface area contributed by atoms with E-state index in [2.05, 4.69) is 45.4 Å². The summed E-state index contributed by atoms with van der Waals surface area (Å²) in [6, 6.07) is 7.52. The number of hydrogen-bond donors (Lipinski definition) is 3. The van der Waals surface area contributed by atoms with Crippen LogP contribution in [-0.4, -0.2) is 38.5 Å². The summed E-state index contributed by atoms with van der Waals surface area (Å²) < 4.78 is 5.03. The van der Waals surface area contributed by atoms with Gasteiger partial charge in [0.05, 0.1) is 6.26 Å². The Kier molecular flexibility index (Phi) is 9.46. The first-order chi connectivity index (χ1) is 11.2. The number of halogens is 1. The fourth-order valence-electron chi connectivity index (χ4n) is 1.99. The van der Waals surface area contributed by atoms with E-state index in [-0.39, 0.29) is 29.9 Å². The van der Waals surface area contributed by atoms with Crippen LogP contribution in [0, 0.1) is 0 Å². The maximum absolute atomic E-state index is 11.7. The van der Waals surface area contributed by atoms with E-state index in [1.807, 2.05) is 0 Å². The van der Waals surface area contributed by atoms with Crippen molar-refractivity contribution in [1.82, 2.24) is 16.0 Å². The van der Waals surface area contributed by atoms with Crippen molar-refractivity contribution in [2.24, 2.45) is 4.99 Å². The summed E-state index contributed by atoms with van der Waals surface area (Å²) in [5.41, 5.74) is 0. The molecule has 0 saturated heterocycles. The van der Waals surface area contributed by atoms with Crippen molar-refractivity contribution in [2.45, 2.75) is 12.8 Å². The van der Waals surface area contributed by atoms with Crippen LogP contribution in [0.4, 0.5) is 0 Å². The molecule has 24 heavy (non-hydrogen) atoms. The lowest BCUT2D eigenvalue weighted by Crippen LogP contribution is -2.42. The summed E-state index contributed by atoms with van der Waals surface area (Å²) in [4.78, 5) is 17.2. The Labute approximate surface area is 163 Å². The smallest absolute Gasteiger partial charge is 0.287 e. The minimum atomic E-state index is -0.217. The Balaban J connectivity index is 0.00000288. The molecule has 6 nitrogen and oxygen atoms in total. The number of amides is 1. The van der Waals surface area contributed by atoms with Gasteiger partial charge < -0.3 is 20.4 Å². The molecule has 1 atom stereocenters. The second-order valence-electron chi connectivity index (χ2n) is 5.03. The van der Waals surface area contributed by atoms with E-state index in [0.29, 0.717) is 24.8 Å². The molecule has 2 heterocycles. The highest BCUT2D eigenvalue weighted by Crippen LogP contribution is 2.19. The van der Waals surface area contributed by atoms with Crippen molar-refractivity contribution in [2.75, 3.05) is 26.7 Å². The predicted molar refractivity (Wildman–Crippen MR) is 109 cm³/mol. The second-order valence-corrected chi connectivity index (χ2v) is 6.01. The van der Waals surface area contributed by atoms with Gasteiger partial charge in [-0.05, 0) is 23.6 Å². The van der Waals surface area contributed by atoms with E-state index >= 15 is 0 Å². The number of nitrogens with one attached hydrogen (secondary N) is 3. The number of carbonyl (C=O) groups excluding carboxylic acids is 1. The molecule has 1 amide bonds. The van der Waals surface area contributed by atoms with Crippen molar-refractivity contribution in [3.63, 3.8) is 0 Å². The molecule has 1 unspecified atom stereocenters. The van der Waals surface area contributed by atoms with Gasteiger partial charge in [0.2, 0.25) is 0 Å². The standard InChI is InChI=1S/C16H22N4O2S.HI/c1-12(14-6-4-10-23-14)11-20-16(17-2)19-8-7-18-15(21)13-5-3-9-22-13;/h3-6,9-10,12H,7-8,11H2,1-2H3,(H,18,21)(H2,17,19,20);1H. The molecule has 2 aromatic heterocycles. The maximum Gasteiger partial charge on any atom is 0.287 e. The van der Waals surface area contributed by atoms with Gasteiger partial charge in [-0.1, -0.05) is 13.0 Å². The third-order valence-electron chi connectivity index (χ3n) is 3.28. The van der Waals surface area contributed by atoms with Crippen molar-refractivity contribution in [3.05, 3.63) is 46.5 Å². The molecule has 132 valence electrons. The Morgan fingerprint density at radius 1 is 1.25 bits per heavy atom. The summed E-state index contributed by atoms with van der Waals surface area (Å²) in [6.45, 7) is 4.05. The zero-order valence-electron chi connectivity index (χ0n) is 13.7. The molecule has 2 aromatic rings. The molecule has 0 aliphatic rings. The summed E-state index contributed by atoms with van der Waals surface area (Å²) in [6.07, 6.45) is 1.48. The molecule has 0 radical (unpaired) electrons. The van der Waals surface area contributed by atoms with Crippen LogP contribution in [0.25, 0.3) is 0 Å². The Morgan fingerprint density at radius 3 is 2.67 bits per heavy atom. The van der Waals surface area contributed by atoms with Gasteiger partial charge in [0.1, 0.15) is 0 Å². The minimum absolute atomic E-state index is 0. The molecule has 0 fully saturated rings. The lowest BCUT2D eigenvalue weighted by Gasteiger charge is -2.15. The molecular formula is C16H23IN4O2S. The topological polar surface area (TPSA) is 78.7 Å². The van der Waals surface area contributed by atoms with Gasteiger partial charge in [-0.15, -0.1) is 35.3 Å². The average molecular weight is 462 g/mol. The molecule has 8 heteroatoms. The summed E-state index contributed by atoms with van der Waals surface area (Å²) in [7, 11) is 1.73. The Hall–Kier alpha value is -1.55. The summed E-state index contributed by atoms with van der Waals surface area (Å²) >= 11 is 1.76. The molecule has 2 rings (SSSR count). The highest BCUT2D eigenvalue weighted by Gasteiger charge is 2.08. The molecule has 0 spiro atoms. The summed E-state index contributed by atoms with van der Waals surface area (Å²) in [5.74, 6) is 1.25. The van der Waals surface area contributed by atoms with E-state index < -0.39 is 0 Å². The van der Waals surface area contributed by atoms with E-state index in [9.17, 15) is 4.79 Å². The molecule has 0 aliphatic carbocycles. The number of furan rings is 1. The van der Waals surface area contributed by atoms with Gasteiger partial charge in [-0.2, -0.15) is 0 Å². The van der Waals surface area contributed by atoms with Gasteiger partial charge in [0.25, 0.3) is 5.91 Å². The fraction of sp³-hybridized carbons (Fsp3) is 0.375. The lowest BCUT2D eigenvalue weighted by atomic mass is 10.1. The van der Waals surface area contributed by atoms with Gasteiger partial charge in [0, 0.05) is 37.5 Å². The molecule has 0 aromatic carbocycles. The van der Waals surface area contributed by atoms with Crippen LogP contribution in [0.1, 0.15) is 28.3 Å². The third kappa shape index (κ3) is 6.52. The van der Waals surface area contributed by atoms with Crippen molar-refractivity contribution in [3.8, 4) is 0 Å². The fourth-order valence-corrected chi connectivity index (χ4v) is 2.78. The van der Waals surface area contributed by atoms with Gasteiger partial charge in [-0.25, -0.2) is 0 Å². The monoisotopic (exact) mass is 462 g/mol. The normalized spacial score (nSPS) is 12.2. The molecule has 0 aliphatic heterocycles.